The van der Waals surface area contributed by atoms with Crippen LogP contribution in [0.3, 0.4) is 0 Å². The molecule has 0 fully saturated rings. The Kier molecular flexibility index (Phi) is 10.6. The zero-order chi connectivity index (χ0) is 11.1. The second-order valence-corrected chi connectivity index (χ2v) is 6.64. The van der Waals surface area contributed by atoms with Gasteiger partial charge in [-0.25, -0.2) is 4.21 Å². The van der Waals surface area contributed by atoms with Crippen LogP contribution in [-0.4, -0.2) is 49.8 Å². The third-order valence-corrected chi connectivity index (χ3v) is 4.83. The van der Waals surface area contributed by atoms with E-state index in [0.717, 1.165) is 12.2 Å². The normalized spacial score (nSPS) is 11.9. The van der Waals surface area contributed by atoms with Crippen molar-refractivity contribution in [1.29, 1.82) is 0 Å². The first-order valence-electron chi connectivity index (χ1n) is 4.62. The summed E-state index contributed by atoms with van der Waals surface area (Å²) in [5.41, 5.74) is 1.26. The number of rotatable bonds is 6. The third-order valence-electron chi connectivity index (χ3n) is 1.72. The minimum absolute atomic E-state index is 0. The number of aryl methyl sites for hydroxylation is 1. The van der Waals surface area contributed by atoms with Crippen LogP contribution in [0.5, 0.6) is 0 Å². The minimum atomic E-state index is -1.64. The molecule has 2 nitrogen and oxygen atoms in total. The quantitative estimate of drug-likeness (QED) is 0.377. The fourth-order valence-corrected chi connectivity index (χ4v) is 3.59. The van der Waals surface area contributed by atoms with E-state index in [1.807, 2.05) is 0 Å². The van der Waals surface area contributed by atoms with E-state index in [9.17, 15) is 4.21 Å². The maximum atomic E-state index is 10.4. The number of hydrogen-bond donors (Lipinski definition) is 1. The van der Waals surface area contributed by atoms with Crippen molar-refractivity contribution in [3.63, 3.8) is 0 Å². The van der Waals surface area contributed by atoms with Crippen LogP contribution in [0.2, 0.25) is 0 Å². The molecular weight excluding hydrogens is 271 g/mol. The van der Waals surface area contributed by atoms with Gasteiger partial charge in [0.2, 0.25) is 0 Å². The summed E-state index contributed by atoms with van der Waals surface area (Å²) in [7, 11) is 3.44. The summed E-state index contributed by atoms with van der Waals surface area (Å²) in [6, 6.07) is 8.37. The van der Waals surface area contributed by atoms with Crippen molar-refractivity contribution in [2.24, 2.45) is 0 Å². The molecule has 0 saturated carbocycles. The molecule has 1 radical (unpaired) electrons. The van der Waals surface area contributed by atoms with Gasteiger partial charge in [-0.15, -0.1) is 0 Å². The van der Waals surface area contributed by atoms with E-state index in [1.165, 1.54) is 10.5 Å². The van der Waals surface area contributed by atoms with Crippen molar-refractivity contribution >= 4 is 62.2 Å². The molecule has 0 bridgehead atoms. The molecular formula is C10H14NaO2S3. The Balaban J connectivity index is 0.00000225. The van der Waals surface area contributed by atoms with Gasteiger partial charge in [-0.05, 0) is 25.5 Å². The molecule has 0 spiro atoms. The van der Waals surface area contributed by atoms with Gasteiger partial charge in [0, 0.05) is 40.2 Å². The van der Waals surface area contributed by atoms with Crippen molar-refractivity contribution in [3.8, 4) is 0 Å². The zero-order valence-electron chi connectivity index (χ0n) is 9.51. The Bertz CT molecular complexity index is 316. The molecule has 0 aromatic heterocycles. The van der Waals surface area contributed by atoms with Gasteiger partial charge in [0.05, 0.1) is 5.75 Å². The standard InChI is InChI=1S/C10H14O2S3.Na/c1-9-3-5-10(6-4-9)14-13-7-2-8-15(11)12;/h3-6H,2,7-8H2,1H3,(H,11,12);. The summed E-state index contributed by atoms with van der Waals surface area (Å²) in [6.45, 7) is 2.07. The van der Waals surface area contributed by atoms with Crippen LogP contribution < -0.4 is 0 Å². The molecule has 0 aliphatic rings. The average molecular weight is 285 g/mol. The van der Waals surface area contributed by atoms with Gasteiger partial charge in [-0.1, -0.05) is 39.3 Å². The predicted molar refractivity (Wildman–Crippen MR) is 75.5 cm³/mol. The van der Waals surface area contributed by atoms with Crippen molar-refractivity contribution in [2.45, 2.75) is 18.2 Å². The Morgan fingerprint density at radius 1 is 1.31 bits per heavy atom. The molecule has 1 N–H and O–H groups in total. The molecule has 1 aromatic carbocycles. The summed E-state index contributed by atoms with van der Waals surface area (Å²) in [5, 5.41) is 0. The van der Waals surface area contributed by atoms with Gasteiger partial charge in [0.15, 0.2) is 11.1 Å². The Hall–Kier alpha value is 1.03. The molecule has 1 aromatic rings. The molecule has 1 unspecified atom stereocenters. The average Bonchev–Trinajstić information content (AvgIpc) is 2.20. The number of benzene rings is 1. The van der Waals surface area contributed by atoms with Gasteiger partial charge in [-0.2, -0.15) is 0 Å². The van der Waals surface area contributed by atoms with E-state index in [0.29, 0.717) is 5.75 Å². The van der Waals surface area contributed by atoms with Crippen LogP contribution in [0.4, 0.5) is 0 Å². The van der Waals surface area contributed by atoms with Crippen molar-refractivity contribution in [1.82, 2.24) is 0 Å². The van der Waals surface area contributed by atoms with Crippen LogP contribution in [0, 0.1) is 6.92 Å². The second-order valence-electron chi connectivity index (χ2n) is 3.10. The molecule has 85 valence electrons. The molecule has 6 heteroatoms. The smallest absolute Gasteiger partial charge is 0.152 e. The summed E-state index contributed by atoms with van der Waals surface area (Å²) in [4.78, 5) is 1.23. The van der Waals surface area contributed by atoms with Crippen LogP contribution in [0.1, 0.15) is 12.0 Å². The molecule has 16 heavy (non-hydrogen) atoms. The third kappa shape index (κ3) is 8.17. The van der Waals surface area contributed by atoms with Gasteiger partial charge in [0.1, 0.15) is 0 Å². The first kappa shape index (κ1) is 17.0. The fourth-order valence-electron chi connectivity index (χ4n) is 0.945. The van der Waals surface area contributed by atoms with Crippen molar-refractivity contribution in [3.05, 3.63) is 29.8 Å². The van der Waals surface area contributed by atoms with Crippen LogP contribution in [-0.2, 0) is 11.1 Å². The van der Waals surface area contributed by atoms with E-state index in [1.54, 1.807) is 21.6 Å². The molecule has 1 rings (SSSR count). The van der Waals surface area contributed by atoms with E-state index >= 15 is 0 Å². The summed E-state index contributed by atoms with van der Waals surface area (Å²) < 4.78 is 18.9. The first-order chi connectivity index (χ1) is 7.18. The van der Waals surface area contributed by atoms with Gasteiger partial charge >= 0.3 is 0 Å². The van der Waals surface area contributed by atoms with Crippen molar-refractivity contribution < 1.29 is 8.76 Å². The molecule has 0 aliphatic heterocycles. The van der Waals surface area contributed by atoms with Crippen LogP contribution in [0.15, 0.2) is 29.2 Å². The fraction of sp³-hybridized carbons (Fsp3) is 0.400. The minimum Gasteiger partial charge on any atom is -0.306 e. The summed E-state index contributed by atoms with van der Waals surface area (Å²) in [5.74, 6) is 1.28. The SMILES string of the molecule is Cc1ccc(SSCCCS(=O)O)cc1.[Na]. The van der Waals surface area contributed by atoms with Crippen LogP contribution >= 0.6 is 21.6 Å². The van der Waals surface area contributed by atoms with E-state index < -0.39 is 11.1 Å². The summed E-state index contributed by atoms with van der Waals surface area (Å²) in [6.07, 6.45) is 0.784. The molecule has 0 aliphatic carbocycles. The Morgan fingerprint density at radius 2 is 1.94 bits per heavy atom. The van der Waals surface area contributed by atoms with E-state index in [-0.39, 0.29) is 29.6 Å². The van der Waals surface area contributed by atoms with Gasteiger partial charge < -0.3 is 4.55 Å². The van der Waals surface area contributed by atoms with E-state index in [2.05, 4.69) is 31.2 Å². The number of hydrogen-bond acceptors (Lipinski definition) is 3. The van der Waals surface area contributed by atoms with Crippen LogP contribution in [0.25, 0.3) is 0 Å². The topological polar surface area (TPSA) is 37.3 Å². The summed E-state index contributed by atoms with van der Waals surface area (Å²) >= 11 is -1.64. The maximum Gasteiger partial charge on any atom is 0.152 e. The maximum absolute atomic E-state index is 10.4. The first-order valence-corrected chi connectivity index (χ1v) is 8.21. The largest absolute Gasteiger partial charge is 0.306 e. The molecule has 0 heterocycles. The van der Waals surface area contributed by atoms with Gasteiger partial charge in [-0.3, -0.25) is 0 Å². The Labute approximate surface area is 129 Å². The zero-order valence-corrected chi connectivity index (χ0v) is 14.0. The van der Waals surface area contributed by atoms with Crippen molar-refractivity contribution in [2.75, 3.05) is 11.5 Å². The predicted octanol–water partition coefficient (Wildman–Crippen LogP) is 2.97. The second kappa shape index (κ2) is 10.00. The molecule has 0 amide bonds. The molecule has 0 saturated heterocycles. The monoisotopic (exact) mass is 285 g/mol. The van der Waals surface area contributed by atoms with E-state index in [4.69, 9.17) is 4.55 Å². The molecule has 1 atom stereocenters. The van der Waals surface area contributed by atoms with Gasteiger partial charge in [0.25, 0.3) is 0 Å². The Morgan fingerprint density at radius 3 is 2.50 bits per heavy atom.